The molecular formula is C12H15ClFNO2. The second-order valence-corrected chi connectivity index (χ2v) is 4.13. The highest BCUT2D eigenvalue weighted by Gasteiger charge is 2.25. The summed E-state index contributed by atoms with van der Waals surface area (Å²) in [4.78, 5) is 12.6. The molecule has 1 aliphatic rings. The predicted octanol–water partition coefficient (Wildman–Crippen LogP) is 2.25. The first-order valence-electron chi connectivity index (χ1n) is 5.32. The maximum Gasteiger partial charge on any atom is 0.317 e. The van der Waals surface area contributed by atoms with Crippen molar-refractivity contribution in [2.75, 3.05) is 13.1 Å². The number of benzene rings is 1. The van der Waals surface area contributed by atoms with Crippen LogP contribution in [0.1, 0.15) is 24.1 Å². The van der Waals surface area contributed by atoms with Crippen LogP contribution in [0.15, 0.2) is 18.2 Å². The van der Waals surface area contributed by atoms with E-state index in [-0.39, 0.29) is 30.8 Å². The molecule has 1 heterocycles. The number of carboxylic acids is 1. The number of rotatable bonds is 2. The molecule has 0 aromatic heterocycles. The van der Waals surface area contributed by atoms with Crippen LogP contribution in [0.2, 0.25) is 0 Å². The van der Waals surface area contributed by atoms with Crippen molar-refractivity contribution in [1.82, 2.24) is 4.90 Å². The van der Waals surface area contributed by atoms with Crippen LogP contribution in [-0.2, 0) is 11.2 Å². The van der Waals surface area contributed by atoms with Crippen LogP contribution in [0.5, 0.6) is 0 Å². The summed E-state index contributed by atoms with van der Waals surface area (Å²) in [7, 11) is 0. The first-order chi connectivity index (χ1) is 7.58. The van der Waals surface area contributed by atoms with Gasteiger partial charge in [0.25, 0.3) is 0 Å². The molecule has 1 unspecified atom stereocenters. The zero-order chi connectivity index (χ0) is 11.7. The van der Waals surface area contributed by atoms with Crippen molar-refractivity contribution in [2.45, 2.75) is 19.4 Å². The largest absolute Gasteiger partial charge is 0.480 e. The minimum atomic E-state index is -0.822. The van der Waals surface area contributed by atoms with E-state index in [1.165, 1.54) is 6.07 Å². The molecule has 2 rings (SSSR count). The lowest BCUT2D eigenvalue weighted by molar-refractivity contribution is -0.139. The summed E-state index contributed by atoms with van der Waals surface area (Å²) in [6.07, 6.45) is 0.713. The highest BCUT2D eigenvalue weighted by Crippen LogP contribution is 2.29. The van der Waals surface area contributed by atoms with E-state index in [1.807, 2.05) is 11.8 Å². The standard InChI is InChI=1S/C12H14FNO2.ClH/c1-8-11-3-2-10(13)6-9(11)4-5-14(8)7-12(15)16;/h2-3,6,8H,4-5,7H2,1H3,(H,15,16);1H. The normalized spacial score (nSPS) is 19.3. The molecule has 0 radical (unpaired) electrons. The average molecular weight is 260 g/mol. The molecule has 1 atom stereocenters. The third-order valence-electron chi connectivity index (χ3n) is 3.11. The molecule has 5 heteroatoms. The molecule has 0 fully saturated rings. The van der Waals surface area contributed by atoms with Gasteiger partial charge in [-0.15, -0.1) is 12.4 Å². The fraction of sp³-hybridized carbons (Fsp3) is 0.417. The van der Waals surface area contributed by atoms with E-state index in [0.29, 0.717) is 13.0 Å². The molecule has 0 amide bonds. The quantitative estimate of drug-likeness (QED) is 0.886. The van der Waals surface area contributed by atoms with E-state index in [0.717, 1.165) is 11.1 Å². The van der Waals surface area contributed by atoms with Gasteiger partial charge >= 0.3 is 5.97 Å². The Balaban J connectivity index is 0.00000144. The number of hydrogen-bond donors (Lipinski definition) is 1. The number of hydrogen-bond acceptors (Lipinski definition) is 2. The van der Waals surface area contributed by atoms with Crippen LogP contribution in [-0.4, -0.2) is 29.1 Å². The van der Waals surface area contributed by atoms with Crippen LogP contribution in [0.4, 0.5) is 4.39 Å². The van der Waals surface area contributed by atoms with Gasteiger partial charge in [-0.2, -0.15) is 0 Å². The lowest BCUT2D eigenvalue weighted by Crippen LogP contribution is -2.37. The van der Waals surface area contributed by atoms with Gasteiger partial charge in [0, 0.05) is 12.6 Å². The maximum absolute atomic E-state index is 13.0. The van der Waals surface area contributed by atoms with E-state index < -0.39 is 5.97 Å². The molecule has 1 aromatic rings. The van der Waals surface area contributed by atoms with Gasteiger partial charge in [-0.25, -0.2) is 4.39 Å². The van der Waals surface area contributed by atoms with E-state index in [9.17, 15) is 9.18 Å². The van der Waals surface area contributed by atoms with Crippen molar-refractivity contribution < 1.29 is 14.3 Å². The Morgan fingerprint density at radius 3 is 2.94 bits per heavy atom. The first kappa shape index (κ1) is 13.9. The van der Waals surface area contributed by atoms with E-state index in [2.05, 4.69) is 0 Å². The van der Waals surface area contributed by atoms with Crippen molar-refractivity contribution in [1.29, 1.82) is 0 Å². The Morgan fingerprint density at radius 1 is 1.59 bits per heavy atom. The molecule has 0 spiro atoms. The molecule has 0 bridgehead atoms. The Hall–Kier alpha value is -1.13. The summed E-state index contributed by atoms with van der Waals surface area (Å²) in [5.41, 5.74) is 2.03. The van der Waals surface area contributed by atoms with Gasteiger partial charge in [0.2, 0.25) is 0 Å². The summed E-state index contributed by atoms with van der Waals surface area (Å²) in [6, 6.07) is 4.77. The third kappa shape index (κ3) is 2.96. The van der Waals surface area contributed by atoms with Crippen molar-refractivity contribution >= 4 is 18.4 Å². The number of nitrogens with zero attached hydrogens (tertiary/aromatic N) is 1. The number of fused-ring (bicyclic) bond motifs is 1. The average Bonchev–Trinajstić information content (AvgIpc) is 2.22. The van der Waals surface area contributed by atoms with Gasteiger partial charge in [-0.05, 0) is 36.6 Å². The lowest BCUT2D eigenvalue weighted by Gasteiger charge is -2.33. The molecule has 94 valence electrons. The summed E-state index contributed by atoms with van der Waals surface area (Å²) in [5.74, 6) is -1.05. The number of carboxylic acid groups (broad SMARTS) is 1. The zero-order valence-corrected chi connectivity index (χ0v) is 10.3. The summed E-state index contributed by atoms with van der Waals surface area (Å²) >= 11 is 0. The van der Waals surface area contributed by atoms with E-state index >= 15 is 0 Å². The van der Waals surface area contributed by atoms with Crippen molar-refractivity contribution in [3.05, 3.63) is 35.1 Å². The van der Waals surface area contributed by atoms with Crippen molar-refractivity contribution in [2.24, 2.45) is 0 Å². The zero-order valence-electron chi connectivity index (χ0n) is 9.52. The number of halogens is 2. The maximum atomic E-state index is 13.0. The molecule has 17 heavy (non-hydrogen) atoms. The Labute approximate surface area is 106 Å². The predicted molar refractivity (Wildman–Crippen MR) is 65.0 cm³/mol. The van der Waals surface area contributed by atoms with Crippen LogP contribution in [0.25, 0.3) is 0 Å². The minimum absolute atomic E-state index is 0. The topological polar surface area (TPSA) is 40.5 Å². The van der Waals surface area contributed by atoms with Gasteiger partial charge in [-0.1, -0.05) is 6.07 Å². The molecule has 0 aliphatic carbocycles. The molecular weight excluding hydrogens is 245 g/mol. The Kier molecular flexibility index (Phi) is 4.48. The second kappa shape index (κ2) is 5.47. The van der Waals surface area contributed by atoms with Crippen LogP contribution in [0, 0.1) is 5.82 Å². The smallest absolute Gasteiger partial charge is 0.317 e. The van der Waals surface area contributed by atoms with Crippen molar-refractivity contribution in [3.8, 4) is 0 Å². The summed E-state index contributed by atoms with van der Waals surface area (Å²) in [5, 5.41) is 8.77. The highest BCUT2D eigenvalue weighted by molar-refractivity contribution is 5.85. The monoisotopic (exact) mass is 259 g/mol. The van der Waals surface area contributed by atoms with Gasteiger partial charge in [-0.3, -0.25) is 9.69 Å². The van der Waals surface area contributed by atoms with E-state index in [1.54, 1.807) is 12.1 Å². The fourth-order valence-corrected chi connectivity index (χ4v) is 2.24. The fourth-order valence-electron chi connectivity index (χ4n) is 2.24. The first-order valence-corrected chi connectivity index (χ1v) is 5.32. The summed E-state index contributed by atoms with van der Waals surface area (Å²) < 4.78 is 13.0. The number of aliphatic carboxylic acids is 1. The van der Waals surface area contributed by atoms with E-state index in [4.69, 9.17) is 5.11 Å². The van der Waals surface area contributed by atoms with Gasteiger partial charge < -0.3 is 5.11 Å². The highest BCUT2D eigenvalue weighted by atomic mass is 35.5. The molecule has 3 nitrogen and oxygen atoms in total. The SMILES string of the molecule is CC1c2ccc(F)cc2CCN1CC(=O)O.Cl. The Bertz CT molecular complexity index is 425. The second-order valence-electron chi connectivity index (χ2n) is 4.13. The van der Waals surface area contributed by atoms with Crippen LogP contribution < -0.4 is 0 Å². The Morgan fingerprint density at radius 2 is 2.29 bits per heavy atom. The van der Waals surface area contributed by atoms with Gasteiger partial charge in [0.05, 0.1) is 6.54 Å². The van der Waals surface area contributed by atoms with Crippen LogP contribution >= 0.6 is 12.4 Å². The molecule has 0 saturated carbocycles. The van der Waals surface area contributed by atoms with Gasteiger partial charge in [0.15, 0.2) is 0 Å². The molecule has 1 aliphatic heterocycles. The molecule has 1 N–H and O–H groups in total. The van der Waals surface area contributed by atoms with Crippen molar-refractivity contribution in [3.63, 3.8) is 0 Å². The number of carbonyl (C=O) groups is 1. The van der Waals surface area contributed by atoms with Gasteiger partial charge in [0.1, 0.15) is 5.82 Å². The minimum Gasteiger partial charge on any atom is -0.480 e. The molecule has 0 saturated heterocycles. The third-order valence-corrected chi connectivity index (χ3v) is 3.11. The molecule has 1 aromatic carbocycles. The van der Waals surface area contributed by atoms with Crippen LogP contribution in [0.3, 0.4) is 0 Å². The summed E-state index contributed by atoms with van der Waals surface area (Å²) in [6.45, 7) is 2.67. The lowest BCUT2D eigenvalue weighted by atomic mass is 9.93.